The van der Waals surface area contributed by atoms with Gasteiger partial charge in [0.15, 0.2) is 0 Å². The van der Waals surface area contributed by atoms with Gasteiger partial charge >= 0.3 is 0 Å². The molecule has 3 aliphatic rings. The molecule has 1 atom stereocenters. The zero-order valence-electron chi connectivity index (χ0n) is 9.97. The summed E-state index contributed by atoms with van der Waals surface area (Å²) in [4.78, 5) is 2.79. The lowest BCUT2D eigenvalue weighted by molar-refractivity contribution is 0.0689. The molecule has 0 amide bonds. The van der Waals surface area contributed by atoms with E-state index in [0.717, 1.165) is 12.0 Å². The van der Waals surface area contributed by atoms with Crippen molar-refractivity contribution in [1.82, 2.24) is 10.2 Å². The van der Waals surface area contributed by atoms with Gasteiger partial charge in [0, 0.05) is 31.2 Å². The Morgan fingerprint density at radius 2 is 1.93 bits per heavy atom. The topological polar surface area (TPSA) is 15.3 Å². The molecule has 2 nitrogen and oxygen atoms in total. The van der Waals surface area contributed by atoms with E-state index in [1.807, 2.05) is 0 Å². The maximum absolute atomic E-state index is 3.71. The van der Waals surface area contributed by atoms with E-state index in [0.29, 0.717) is 5.54 Å². The normalized spacial score (nSPS) is 37.0. The molecule has 0 spiro atoms. The lowest BCUT2D eigenvalue weighted by atomic mass is 9.95. The molecule has 0 bridgehead atoms. The lowest BCUT2D eigenvalue weighted by Gasteiger charge is -2.44. The van der Waals surface area contributed by atoms with Crippen LogP contribution in [0.15, 0.2) is 0 Å². The van der Waals surface area contributed by atoms with Gasteiger partial charge in [-0.1, -0.05) is 12.8 Å². The van der Waals surface area contributed by atoms with E-state index in [2.05, 4.69) is 17.1 Å². The summed E-state index contributed by atoms with van der Waals surface area (Å²) in [7, 11) is 0. The average molecular weight is 208 g/mol. The smallest absolute Gasteiger partial charge is 0.0223 e. The van der Waals surface area contributed by atoms with Crippen LogP contribution in [0.3, 0.4) is 0 Å². The van der Waals surface area contributed by atoms with Crippen molar-refractivity contribution >= 4 is 0 Å². The van der Waals surface area contributed by atoms with Crippen molar-refractivity contribution in [1.29, 1.82) is 0 Å². The van der Waals surface area contributed by atoms with Gasteiger partial charge in [-0.15, -0.1) is 0 Å². The van der Waals surface area contributed by atoms with Crippen molar-refractivity contribution in [3.8, 4) is 0 Å². The number of piperazine rings is 1. The quantitative estimate of drug-likeness (QED) is 0.747. The van der Waals surface area contributed by atoms with E-state index < -0.39 is 0 Å². The molecule has 2 heteroatoms. The Morgan fingerprint density at radius 1 is 1.20 bits per heavy atom. The third-order valence-corrected chi connectivity index (χ3v) is 4.84. The first-order chi connectivity index (χ1) is 7.28. The van der Waals surface area contributed by atoms with Crippen LogP contribution >= 0.6 is 0 Å². The van der Waals surface area contributed by atoms with E-state index in [9.17, 15) is 0 Å². The summed E-state index contributed by atoms with van der Waals surface area (Å²) in [6, 6.07) is 0.816. The summed E-state index contributed by atoms with van der Waals surface area (Å²) >= 11 is 0. The summed E-state index contributed by atoms with van der Waals surface area (Å²) in [6.45, 7) is 6.31. The van der Waals surface area contributed by atoms with Crippen molar-refractivity contribution in [2.24, 2.45) is 5.92 Å². The van der Waals surface area contributed by atoms with Crippen LogP contribution in [0.2, 0.25) is 0 Å². The van der Waals surface area contributed by atoms with Gasteiger partial charge in [0.25, 0.3) is 0 Å². The van der Waals surface area contributed by atoms with Gasteiger partial charge in [-0.05, 0) is 38.5 Å². The second-order valence-corrected chi connectivity index (χ2v) is 6.05. The Kier molecular flexibility index (Phi) is 2.52. The SMILES string of the molecule is CC1(N2CCNC(C3CC3)C2)CCCC1. The second-order valence-electron chi connectivity index (χ2n) is 6.05. The molecule has 15 heavy (non-hydrogen) atoms. The molecule has 3 fully saturated rings. The van der Waals surface area contributed by atoms with Gasteiger partial charge in [0.05, 0.1) is 0 Å². The second kappa shape index (κ2) is 3.74. The first kappa shape index (κ1) is 10.1. The summed E-state index contributed by atoms with van der Waals surface area (Å²) < 4.78 is 0. The Balaban J connectivity index is 1.64. The van der Waals surface area contributed by atoms with Crippen LogP contribution in [0, 0.1) is 5.92 Å². The van der Waals surface area contributed by atoms with Crippen LogP contribution in [0.4, 0.5) is 0 Å². The molecule has 0 aromatic carbocycles. The highest BCUT2D eigenvalue weighted by molar-refractivity contribution is 4.98. The average Bonchev–Trinajstić information content (AvgIpc) is 3.02. The van der Waals surface area contributed by atoms with Gasteiger partial charge in [0.2, 0.25) is 0 Å². The fourth-order valence-corrected chi connectivity index (χ4v) is 3.54. The monoisotopic (exact) mass is 208 g/mol. The molecule has 2 aliphatic carbocycles. The molecule has 1 heterocycles. The van der Waals surface area contributed by atoms with E-state index in [-0.39, 0.29) is 0 Å². The Hall–Kier alpha value is -0.0800. The first-order valence-electron chi connectivity index (χ1n) is 6.76. The highest BCUT2D eigenvalue weighted by Crippen LogP contribution is 2.38. The van der Waals surface area contributed by atoms with E-state index >= 15 is 0 Å². The first-order valence-corrected chi connectivity index (χ1v) is 6.76. The molecule has 0 aromatic heterocycles. The Bertz CT molecular complexity index is 229. The molecule has 3 rings (SSSR count). The third-order valence-electron chi connectivity index (χ3n) is 4.84. The van der Waals surface area contributed by atoms with Crippen LogP contribution in [0.5, 0.6) is 0 Å². The predicted octanol–water partition coefficient (Wildman–Crippen LogP) is 2.00. The maximum Gasteiger partial charge on any atom is 0.0223 e. The van der Waals surface area contributed by atoms with E-state index in [1.54, 1.807) is 0 Å². The lowest BCUT2D eigenvalue weighted by Crippen LogP contribution is -2.58. The van der Waals surface area contributed by atoms with Gasteiger partial charge in [-0.3, -0.25) is 4.90 Å². The van der Waals surface area contributed by atoms with Crippen molar-refractivity contribution in [3.63, 3.8) is 0 Å². The fourth-order valence-electron chi connectivity index (χ4n) is 3.54. The molecule has 1 aliphatic heterocycles. The number of hydrogen-bond acceptors (Lipinski definition) is 2. The number of nitrogens with one attached hydrogen (secondary N) is 1. The largest absolute Gasteiger partial charge is 0.311 e. The van der Waals surface area contributed by atoms with Crippen molar-refractivity contribution < 1.29 is 0 Å². The highest BCUT2D eigenvalue weighted by Gasteiger charge is 2.40. The Morgan fingerprint density at radius 3 is 2.60 bits per heavy atom. The number of hydrogen-bond donors (Lipinski definition) is 1. The maximum atomic E-state index is 3.71. The highest BCUT2D eigenvalue weighted by atomic mass is 15.3. The number of nitrogens with zero attached hydrogens (tertiary/aromatic N) is 1. The molecular weight excluding hydrogens is 184 g/mol. The van der Waals surface area contributed by atoms with E-state index in [1.165, 1.54) is 58.2 Å². The van der Waals surface area contributed by atoms with Crippen LogP contribution in [-0.4, -0.2) is 36.1 Å². The van der Waals surface area contributed by atoms with Crippen LogP contribution in [0.25, 0.3) is 0 Å². The zero-order chi connectivity index (χ0) is 10.3. The number of rotatable bonds is 2. The minimum absolute atomic E-state index is 0.551. The van der Waals surface area contributed by atoms with E-state index in [4.69, 9.17) is 0 Å². The van der Waals surface area contributed by atoms with Crippen molar-refractivity contribution in [2.45, 2.75) is 57.0 Å². The van der Waals surface area contributed by atoms with Gasteiger partial charge in [-0.2, -0.15) is 0 Å². The van der Waals surface area contributed by atoms with Crippen molar-refractivity contribution in [2.75, 3.05) is 19.6 Å². The summed E-state index contributed by atoms with van der Waals surface area (Å²) in [5, 5.41) is 3.71. The van der Waals surface area contributed by atoms with Crippen molar-refractivity contribution in [3.05, 3.63) is 0 Å². The third kappa shape index (κ3) is 1.94. The molecule has 1 unspecified atom stereocenters. The van der Waals surface area contributed by atoms with Crippen LogP contribution in [0.1, 0.15) is 45.4 Å². The van der Waals surface area contributed by atoms with Gasteiger partial charge in [0.1, 0.15) is 0 Å². The zero-order valence-corrected chi connectivity index (χ0v) is 9.97. The minimum atomic E-state index is 0.551. The molecule has 2 saturated carbocycles. The molecule has 86 valence electrons. The minimum Gasteiger partial charge on any atom is -0.311 e. The van der Waals surface area contributed by atoms with Gasteiger partial charge < -0.3 is 5.32 Å². The van der Waals surface area contributed by atoms with Gasteiger partial charge in [-0.25, -0.2) is 0 Å². The summed E-state index contributed by atoms with van der Waals surface area (Å²) in [5.74, 6) is 1.01. The summed E-state index contributed by atoms with van der Waals surface area (Å²) in [6.07, 6.45) is 8.72. The van der Waals surface area contributed by atoms with Crippen LogP contribution < -0.4 is 5.32 Å². The van der Waals surface area contributed by atoms with Crippen LogP contribution in [-0.2, 0) is 0 Å². The predicted molar refractivity (Wildman–Crippen MR) is 63.0 cm³/mol. The molecule has 0 aromatic rings. The molecule has 1 saturated heterocycles. The standard InChI is InChI=1S/C13H24N2/c1-13(6-2-3-7-13)15-9-8-14-12(10-15)11-4-5-11/h11-12,14H,2-10H2,1H3. The molecule has 0 radical (unpaired) electrons. The molecular formula is C13H24N2. The fraction of sp³-hybridized carbons (Fsp3) is 1.00. The molecule has 1 N–H and O–H groups in total. The summed E-state index contributed by atoms with van der Waals surface area (Å²) in [5.41, 5.74) is 0.551. The Labute approximate surface area is 93.4 Å².